The van der Waals surface area contributed by atoms with Crippen LogP contribution in [0.2, 0.25) is 0 Å². The van der Waals surface area contributed by atoms with E-state index < -0.39 is 5.97 Å². The molecule has 0 spiro atoms. The summed E-state index contributed by atoms with van der Waals surface area (Å²) in [7, 11) is 0. The summed E-state index contributed by atoms with van der Waals surface area (Å²) in [6.45, 7) is 8.93. The van der Waals surface area contributed by atoms with Crippen molar-refractivity contribution in [2.75, 3.05) is 13.1 Å². The molecule has 0 radical (unpaired) electrons. The van der Waals surface area contributed by atoms with E-state index in [1.54, 1.807) is 11.0 Å². The van der Waals surface area contributed by atoms with Crippen LogP contribution < -0.4 is 0 Å². The minimum Gasteiger partial charge on any atom is -0.507 e. The fourth-order valence-corrected chi connectivity index (χ4v) is 3.12. The molecule has 1 aromatic rings. The van der Waals surface area contributed by atoms with E-state index in [-0.39, 0.29) is 29.4 Å². The summed E-state index contributed by atoms with van der Waals surface area (Å²) < 4.78 is 0. The number of hydrogen-bond donors (Lipinski definition) is 2. The van der Waals surface area contributed by atoms with Crippen LogP contribution in [-0.2, 0) is 4.79 Å². The van der Waals surface area contributed by atoms with E-state index in [4.69, 9.17) is 5.11 Å². The number of carbonyl (C=O) groups excluding carboxylic acids is 1. The second-order valence-corrected chi connectivity index (χ2v) is 7.22. The molecule has 0 saturated carbocycles. The third-order valence-electron chi connectivity index (χ3n) is 4.81. The Bertz CT molecular complexity index is 628. The Morgan fingerprint density at radius 2 is 1.67 bits per heavy atom. The van der Waals surface area contributed by atoms with Crippen molar-refractivity contribution in [1.82, 2.24) is 4.90 Å². The van der Waals surface area contributed by atoms with Crippen LogP contribution in [0.15, 0.2) is 12.1 Å². The molecule has 0 atom stereocenters. The molecule has 5 nitrogen and oxygen atoms in total. The number of hydrogen-bond acceptors (Lipinski definition) is 3. The molecule has 1 heterocycles. The lowest BCUT2D eigenvalue weighted by Gasteiger charge is -2.31. The van der Waals surface area contributed by atoms with Gasteiger partial charge < -0.3 is 15.1 Å². The first-order valence-corrected chi connectivity index (χ1v) is 8.61. The van der Waals surface area contributed by atoms with Gasteiger partial charge in [0.15, 0.2) is 0 Å². The third-order valence-corrected chi connectivity index (χ3v) is 4.81. The smallest absolute Gasteiger partial charge is 0.306 e. The van der Waals surface area contributed by atoms with Gasteiger partial charge in [-0.25, -0.2) is 0 Å². The highest BCUT2D eigenvalue weighted by molar-refractivity contribution is 5.97. The largest absolute Gasteiger partial charge is 0.507 e. The molecule has 1 saturated heterocycles. The number of carboxylic acids is 1. The van der Waals surface area contributed by atoms with Gasteiger partial charge in [-0.05, 0) is 41.9 Å². The third kappa shape index (κ3) is 3.71. The number of aliphatic carboxylic acids is 1. The standard InChI is InChI=1S/C19H27NO4/c1-11(2)14-9-15(12(3)4)17(21)16(10-14)18(22)20-7-5-13(6-8-20)19(23)24/h9-13,21H,5-8H2,1-4H3,(H,23,24). The number of likely N-dealkylation sites (tertiary alicyclic amines) is 1. The van der Waals surface area contributed by atoms with Gasteiger partial charge >= 0.3 is 5.97 Å². The summed E-state index contributed by atoms with van der Waals surface area (Å²) in [5.74, 6) is -0.953. The molecule has 1 aromatic carbocycles. The summed E-state index contributed by atoms with van der Waals surface area (Å²) >= 11 is 0. The maximum Gasteiger partial charge on any atom is 0.306 e. The normalized spacial score (nSPS) is 16.0. The molecule has 5 heteroatoms. The molecule has 0 aliphatic carbocycles. The maximum atomic E-state index is 12.9. The second-order valence-electron chi connectivity index (χ2n) is 7.22. The number of benzene rings is 1. The number of phenolic OH excluding ortho intramolecular Hbond substituents is 1. The molecule has 2 rings (SSSR count). The SMILES string of the molecule is CC(C)c1cc(C(=O)N2CCC(C(=O)O)CC2)c(O)c(C(C)C)c1. The lowest BCUT2D eigenvalue weighted by molar-refractivity contribution is -0.143. The van der Waals surface area contributed by atoms with Gasteiger partial charge in [0.1, 0.15) is 5.75 Å². The molecule has 0 aromatic heterocycles. The fourth-order valence-electron chi connectivity index (χ4n) is 3.12. The number of rotatable bonds is 4. The Morgan fingerprint density at radius 1 is 1.08 bits per heavy atom. The summed E-state index contributed by atoms with van der Waals surface area (Å²) in [6.07, 6.45) is 0.922. The molecule has 132 valence electrons. The minimum absolute atomic E-state index is 0.0553. The second kappa shape index (κ2) is 7.24. The monoisotopic (exact) mass is 333 g/mol. The van der Waals surface area contributed by atoms with Crippen LogP contribution in [0.4, 0.5) is 0 Å². The van der Waals surface area contributed by atoms with Gasteiger partial charge in [-0.1, -0.05) is 33.8 Å². The van der Waals surface area contributed by atoms with Gasteiger partial charge in [0, 0.05) is 13.1 Å². The van der Waals surface area contributed by atoms with Crippen LogP contribution >= 0.6 is 0 Å². The lowest BCUT2D eigenvalue weighted by atomic mass is 9.91. The van der Waals surface area contributed by atoms with Crippen molar-refractivity contribution in [3.8, 4) is 5.75 Å². The Hall–Kier alpha value is -2.04. The molecular formula is C19H27NO4. The number of piperidine rings is 1. The summed E-state index contributed by atoms with van der Waals surface area (Å²) in [5, 5.41) is 19.6. The molecule has 0 bridgehead atoms. The summed E-state index contributed by atoms with van der Waals surface area (Å²) in [6, 6.07) is 3.75. The lowest BCUT2D eigenvalue weighted by Crippen LogP contribution is -2.40. The highest BCUT2D eigenvalue weighted by Crippen LogP contribution is 2.34. The van der Waals surface area contributed by atoms with Crippen LogP contribution in [0.3, 0.4) is 0 Å². The molecule has 1 aliphatic rings. The van der Waals surface area contributed by atoms with E-state index in [1.807, 2.05) is 19.9 Å². The van der Waals surface area contributed by atoms with Crippen molar-refractivity contribution < 1.29 is 19.8 Å². The van der Waals surface area contributed by atoms with Gasteiger partial charge in [-0.15, -0.1) is 0 Å². The number of phenols is 1. The first-order chi connectivity index (χ1) is 11.2. The van der Waals surface area contributed by atoms with Gasteiger partial charge in [0.2, 0.25) is 0 Å². The van der Waals surface area contributed by atoms with Crippen molar-refractivity contribution >= 4 is 11.9 Å². The van der Waals surface area contributed by atoms with Crippen LogP contribution in [-0.4, -0.2) is 40.1 Å². The molecule has 1 fully saturated rings. The number of aromatic hydroxyl groups is 1. The van der Waals surface area contributed by atoms with E-state index in [9.17, 15) is 14.7 Å². The fraction of sp³-hybridized carbons (Fsp3) is 0.579. The maximum absolute atomic E-state index is 12.9. The van der Waals surface area contributed by atoms with Crippen LogP contribution in [0.25, 0.3) is 0 Å². The Labute approximate surface area is 143 Å². The Kier molecular flexibility index (Phi) is 5.52. The van der Waals surface area contributed by atoms with Crippen molar-refractivity contribution in [2.45, 2.75) is 52.4 Å². The van der Waals surface area contributed by atoms with E-state index in [0.717, 1.165) is 11.1 Å². The minimum atomic E-state index is -0.797. The van der Waals surface area contributed by atoms with E-state index in [0.29, 0.717) is 31.5 Å². The zero-order valence-electron chi connectivity index (χ0n) is 14.9. The zero-order chi connectivity index (χ0) is 18.0. The zero-order valence-corrected chi connectivity index (χ0v) is 14.9. The summed E-state index contributed by atoms with van der Waals surface area (Å²) in [5.41, 5.74) is 2.14. The van der Waals surface area contributed by atoms with Crippen molar-refractivity contribution in [3.63, 3.8) is 0 Å². The number of carbonyl (C=O) groups is 2. The predicted octanol–water partition coefficient (Wildman–Crippen LogP) is 3.58. The predicted molar refractivity (Wildman–Crippen MR) is 92.5 cm³/mol. The summed E-state index contributed by atoms with van der Waals surface area (Å²) in [4.78, 5) is 25.6. The van der Waals surface area contributed by atoms with Gasteiger partial charge in [0.25, 0.3) is 5.91 Å². The highest BCUT2D eigenvalue weighted by atomic mass is 16.4. The van der Waals surface area contributed by atoms with Crippen LogP contribution in [0, 0.1) is 5.92 Å². The van der Waals surface area contributed by atoms with Gasteiger partial charge in [0.05, 0.1) is 11.5 Å². The van der Waals surface area contributed by atoms with Gasteiger partial charge in [-0.3, -0.25) is 9.59 Å². The molecule has 1 amide bonds. The van der Waals surface area contributed by atoms with E-state index in [2.05, 4.69) is 13.8 Å². The Morgan fingerprint density at radius 3 is 2.12 bits per heavy atom. The average molecular weight is 333 g/mol. The first kappa shape index (κ1) is 18.3. The van der Waals surface area contributed by atoms with Crippen molar-refractivity contribution in [1.29, 1.82) is 0 Å². The average Bonchev–Trinajstić information content (AvgIpc) is 2.54. The Balaban J connectivity index is 2.30. The van der Waals surface area contributed by atoms with Crippen LogP contribution in [0.5, 0.6) is 5.75 Å². The van der Waals surface area contributed by atoms with Crippen molar-refractivity contribution in [3.05, 3.63) is 28.8 Å². The molecule has 1 aliphatic heterocycles. The molecule has 24 heavy (non-hydrogen) atoms. The van der Waals surface area contributed by atoms with Gasteiger partial charge in [-0.2, -0.15) is 0 Å². The topological polar surface area (TPSA) is 77.8 Å². The molecular weight excluding hydrogens is 306 g/mol. The number of amides is 1. The molecule has 2 N–H and O–H groups in total. The van der Waals surface area contributed by atoms with E-state index >= 15 is 0 Å². The number of nitrogens with zero attached hydrogens (tertiary/aromatic N) is 1. The quantitative estimate of drug-likeness (QED) is 0.883. The van der Waals surface area contributed by atoms with Crippen molar-refractivity contribution in [2.24, 2.45) is 5.92 Å². The van der Waals surface area contributed by atoms with Crippen LogP contribution in [0.1, 0.15) is 73.9 Å². The highest BCUT2D eigenvalue weighted by Gasteiger charge is 2.29. The van der Waals surface area contributed by atoms with E-state index in [1.165, 1.54) is 0 Å². The first-order valence-electron chi connectivity index (χ1n) is 8.61. The number of carboxylic acid groups (broad SMARTS) is 1. The molecule has 0 unspecified atom stereocenters.